The predicted octanol–water partition coefficient (Wildman–Crippen LogP) is 3.63. The Bertz CT molecular complexity index is 994. The van der Waals surface area contributed by atoms with Crippen LogP contribution in [0.3, 0.4) is 0 Å². The molecule has 0 saturated carbocycles. The number of aromatic nitrogens is 2. The third-order valence-electron chi connectivity index (χ3n) is 4.38. The van der Waals surface area contributed by atoms with Crippen molar-refractivity contribution in [1.82, 2.24) is 20.2 Å². The Morgan fingerprint density at radius 2 is 2.03 bits per heavy atom. The number of hydrogen-bond acceptors (Lipinski definition) is 5. The molecular formula is C21H25FN6O. The second-order valence-corrected chi connectivity index (χ2v) is 7.07. The standard InChI is InChI=1S/C21H25FN6O/c1-14(15-5-4-6-17(22)11-15)25-18-8-7-16-13-24-20(26-19(16)12-18)27-21(29)23-9-10-28(2)3/h4-8,11-14,25H,9-10H2,1-3H3,(H2,23,24,26,27,29). The van der Waals surface area contributed by atoms with E-state index in [2.05, 4.69) is 25.9 Å². The lowest BCUT2D eigenvalue weighted by Gasteiger charge is -2.16. The number of anilines is 2. The van der Waals surface area contributed by atoms with Gasteiger partial charge in [-0.15, -0.1) is 0 Å². The molecule has 0 spiro atoms. The summed E-state index contributed by atoms with van der Waals surface area (Å²) in [6, 6.07) is 11.8. The van der Waals surface area contributed by atoms with Crippen LogP contribution in [0.15, 0.2) is 48.7 Å². The topological polar surface area (TPSA) is 82.2 Å². The van der Waals surface area contributed by atoms with Crippen molar-refractivity contribution in [2.75, 3.05) is 37.8 Å². The summed E-state index contributed by atoms with van der Waals surface area (Å²) in [6.45, 7) is 3.23. The molecule has 0 radical (unpaired) electrons. The van der Waals surface area contributed by atoms with E-state index in [4.69, 9.17) is 0 Å². The van der Waals surface area contributed by atoms with Crippen LogP contribution in [-0.2, 0) is 0 Å². The van der Waals surface area contributed by atoms with Gasteiger partial charge in [0.2, 0.25) is 5.95 Å². The lowest BCUT2D eigenvalue weighted by molar-refractivity contribution is 0.250. The number of benzene rings is 2. The average Bonchev–Trinajstić information content (AvgIpc) is 2.67. The number of rotatable bonds is 7. The highest BCUT2D eigenvalue weighted by Gasteiger charge is 2.09. The van der Waals surface area contributed by atoms with Crippen molar-refractivity contribution in [3.8, 4) is 0 Å². The fourth-order valence-corrected chi connectivity index (χ4v) is 2.82. The van der Waals surface area contributed by atoms with Crippen molar-refractivity contribution in [2.24, 2.45) is 0 Å². The Labute approximate surface area is 169 Å². The highest BCUT2D eigenvalue weighted by Crippen LogP contribution is 2.23. The molecule has 2 aromatic carbocycles. The van der Waals surface area contributed by atoms with Gasteiger partial charge in [-0.25, -0.2) is 19.2 Å². The highest BCUT2D eigenvalue weighted by molar-refractivity contribution is 5.89. The summed E-state index contributed by atoms with van der Waals surface area (Å²) in [5, 5.41) is 9.60. The van der Waals surface area contributed by atoms with Gasteiger partial charge in [-0.2, -0.15) is 0 Å². The van der Waals surface area contributed by atoms with Crippen LogP contribution in [0.5, 0.6) is 0 Å². The van der Waals surface area contributed by atoms with E-state index in [0.29, 0.717) is 12.1 Å². The van der Waals surface area contributed by atoms with Gasteiger partial charge in [0.1, 0.15) is 5.82 Å². The Hall–Kier alpha value is -3.26. The number of carbonyl (C=O) groups is 1. The van der Waals surface area contributed by atoms with Gasteiger partial charge >= 0.3 is 6.03 Å². The van der Waals surface area contributed by atoms with Gasteiger partial charge in [0, 0.05) is 36.4 Å². The summed E-state index contributed by atoms with van der Waals surface area (Å²) >= 11 is 0. The zero-order valence-corrected chi connectivity index (χ0v) is 16.7. The number of fused-ring (bicyclic) bond motifs is 1. The summed E-state index contributed by atoms with van der Waals surface area (Å²) in [5.41, 5.74) is 2.39. The molecule has 0 aliphatic carbocycles. The van der Waals surface area contributed by atoms with E-state index < -0.39 is 0 Å². The van der Waals surface area contributed by atoms with Gasteiger partial charge < -0.3 is 15.5 Å². The predicted molar refractivity (Wildman–Crippen MR) is 114 cm³/mol. The molecule has 0 saturated heterocycles. The number of likely N-dealkylation sites (N-methyl/N-ethyl adjacent to an activating group) is 1. The van der Waals surface area contributed by atoms with Gasteiger partial charge in [-0.05, 0) is 56.9 Å². The van der Waals surface area contributed by atoms with Crippen molar-refractivity contribution in [2.45, 2.75) is 13.0 Å². The highest BCUT2D eigenvalue weighted by atomic mass is 19.1. The molecule has 3 aromatic rings. The second-order valence-electron chi connectivity index (χ2n) is 7.07. The van der Waals surface area contributed by atoms with E-state index in [1.54, 1.807) is 12.3 Å². The van der Waals surface area contributed by atoms with E-state index >= 15 is 0 Å². The van der Waals surface area contributed by atoms with Crippen molar-refractivity contribution >= 4 is 28.6 Å². The number of urea groups is 1. The molecule has 0 bridgehead atoms. The van der Waals surface area contributed by atoms with Crippen molar-refractivity contribution in [3.63, 3.8) is 0 Å². The number of halogens is 1. The first-order valence-corrected chi connectivity index (χ1v) is 9.39. The molecule has 8 heteroatoms. The summed E-state index contributed by atoms with van der Waals surface area (Å²) < 4.78 is 13.5. The summed E-state index contributed by atoms with van der Waals surface area (Å²) in [7, 11) is 3.87. The smallest absolute Gasteiger partial charge is 0.321 e. The summed E-state index contributed by atoms with van der Waals surface area (Å²) in [4.78, 5) is 22.5. The van der Waals surface area contributed by atoms with E-state index in [1.165, 1.54) is 12.1 Å². The van der Waals surface area contributed by atoms with Gasteiger partial charge in [-0.3, -0.25) is 5.32 Å². The molecule has 2 amide bonds. The van der Waals surface area contributed by atoms with Gasteiger partial charge in [0.15, 0.2) is 0 Å². The molecule has 1 atom stereocenters. The first kappa shape index (κ1) is 20.5. The molecule has 7 nitrogen and oxygen atoms in total. The zero-order valence-electron chi connectivity index (χ0n) is 16.7. The van der Waals surface area contributed by atoms with Crippen LogP contribution in [0, 0.1) is 5.82 Å². The number of nitrogens with zero attached hydrogens (tertiary/aromatic N) is 3. The van der Waals surface area contributed by atoms with Gasteiger partial charge in [0.25, 0.3) is 0 Å². The minimum Gasteiger partial charge on any atom is -0.378 e. The molecule has 152 valence electrons. The molecule has 0 aliphatic rings. The van der Waals surface area contributed by atoms with E-state index in [9.17, 15) is 9.18 Å². The molecule has 3 N–H and O–H groups in total. The van der Waals surface area contributed by atoms with Crippen molar-refractivity contribution < 1.29 is 9.18 Å². The maximum absolute atomic E-state index is 13.5. The largest absolute Gasteiger partial charge is 0.378 e. The molecule has 29 heavy (non-hydrogen) atoms. The van der Waals surface area contributed by atoms with Crippen LogP contribution in [0.2, 0.25) is 0 Å². The fraction of sp³-hybridized carbons (Fsp3) is 0.286. The number of hydrogen-bond donors (Lipinski definition) is 3. The Balaban J connectivity index is 1.69. The molecule has 0 aliphatic heterocycles. The quantitative estimate of drug-likeness (QED) is 0.568. The third-order valence-corrected chi connectivity index (χ3v) is 4.38. The monoisotopic (exact) mass is 396 g/mol. The van der Waals surface area contributed by atoms with Crippen LogP contribution in [-0.4, -0.2) is 48.1 Å². The van der Waals surface area contributed by atoms with Gasteiger partial charge in [-0.1, -0.05) is 12.1 Å². The van der Waals surface area contributed by atoms with Gasteiger partial charge in [0.05, 0.1) is 5.52 Å². The van der Waals surface area contributed by atoms with E-state index in [1.807, 2.05) is 50.2 Å². The van der Waals surface area contributed by atoms with E-state index in [0.717, 1.165) is 23.2 Å². The van der Waals surface area contributed by atoms with Crippen LogP contribution in [0.25, 0.3) is 10.9 Å². The summed E-state index contributed by atoms with van der Waals surface area (Å²) in [5.74, 6) is -0.0304. The van der Waals surface area contributed by atoms with Crippen LogP contribution < -0.4 is 16.0 Å². The molecule has 1 unspecified atom stereocenters. The number of carbonyl (C=O) groups excluding carboxylic acids is 1. The van der Waals surface area contributed by atoms with Crippen molar-refractivity contribution in [3.05, 3.63) is 60.0 Å². The lowest BCUT2D eigenvalue weighted by atomic mass is 10.1. The second kappa shape index (κ2) is 9.29. The molecule has 3 rings (SSSR count). The van der Waals surface area contributed by atoms with Crippen LogP contribution in [0.1, 0.15) is 18.5 Å². The first-order valence-electron chi connectivity index (χ1n) is 9.39. The zero-order chi connectivity index (χ0) is 20.8. The first-order chi connectivity index (χ1) is 13.9. The van der Waals surface area contributed by atoms with Crippen LogP contribution >= 0.6 is 0 Å². The third kappa shape index (κ3) is 5.86. The van der Waals surface area contributed by atoms with Crippen LogP contribution in [0.4, 0.5) is 20.8 Å². The maximum atomic E-state index is 13.5. The summed E-state index contributed by atoms with van der Waals surface area (Å²) in [6.07, 6.45) is 1.66. The Morgan fingerprint density at radius 1 is 1.21 bits per heavy atom. The normalized spacial score (nSPS) is 12.0. The molecule has 1 aromatic heterocycles. The lowest BCUT2D eigenvalue weighted by Crippen LogP contribution is -2.34. The maximum Gasteiger partial charge on any atom is 0.321 e. The minimum absolute atomic E-state index is 0.0787. The minimum atomic E-state index is -0.347. The fourth-order valence-electron chi connectivity index (χ4n) is 2.82. The number of nitrogens with one attached hydrogen (secondary N) is 3. The van der Waals surface area contributed by atoms with Crippen molar-refractivity contribution in [1.29, 1.82) is 0 Å². The average molecular weight is 396 g/mol. The Kier molecular flexibility index (Phi) is 6.56. The SMILES string of the molecule is CC(Nc1ccc2cnc(NC(=O)NCCN(C)C)nc2c1)c1cccc(F)c1. The molecule has 0 fully saturated rings. The Morgan fingerprint density at radius 3 is 2.79 bits per heavy atom. The number of amides is 2. The molecule has 1 heterocycles. The molecular weight excluding hydrogens is 371 g/mol. The van der Waals surface area contributed by atoms with E-state index in [-0.39, 0.29) is 23.8 Å².